The number of carbonyl (C=O) groups is 1. The minimum absolute atomic E-state index is 0.113. The molecule has 0 aromatic carbocycles. The van der Waals surface area contributed by atoms with Gasteiger partial charge in [-0.25, -0.2) is 4.98 Å². The Morgan fingerprint density at radius 2 is 2.44 bits per heavy atom. The van der Waals surface area contributed by atoms with Gasteiger partial charge in [-0.2, -0.15) is 0 Å². The molecule has 0 bridgehead atoms. The highest BCUT2D eigenvalue weighted by atomic mass is 35.5. The average molecular weight is 270 g/mol. The fourth-order valence-electron chi connectivity index (χ4n) is 2.05. The summed E-state index contributed by atoms with van der Waals surface area (Å²) in [6.45, 7) is 1.32. The molecule has 1 aliphatic heterocycles. The molecular formula is C12H16ClN3O2. The second-order valence-corrected chi connectivity index (χ2v) is 4.77. The Balaban J connectivity index is 2.18. The van der Waals surface area contributed by atoms with Gasteiger partial charge in [-0.15, -0.1) is 0 Å². The van der Waals surface area contributed by atoms with E-state index >= 15 is 0 Å². The number of likely N-dealkylation sites (tertiary alicyclic amines) is 1. The van der Waals surface area contributed by atoms with Crippen LogP contribution in [0.5, 0.6) is 0 Å². The van der Waals surface area contributed by atoms with Crippen molar-refractivity contribution in [3.05, 3.63) is 22.8 Å². The topological polar surface area (TPSA) is 65.5 Å². The largest absolute Gasteiger partial charge is 0.396 e. The molecular weight excluding hydrogens is 254 g/mol. The Hall–Kier alpha value is -1.33. The number of rotatable bonds is 3. The molecule has 0 spiro atoms. The Kier molecular flexibility index (Phi) is 4.04. The number of carbonyl (C=O) groups excluding carboxylic acids is 1. The summed E-state index contributed by atoms with van der Waals surface area (Å²) in [7, 11) is 1.74. The maximum absolute atomic E-state index is 12.3. The van der Waals surface area contributed by atoms with Gasteiger partial charge in [-0.1, -0.05) is 11.6 Å². The van der Waals surface area contributed by atoms with Crippen molar-refractivity contribution < 1.29 is 9.90 Å². The van der Waals surface area contributed by atoms with Gasteiger partial charge in [0, 0.05) is 32.7 Å². The molecule has 0 aliphatic carbocycles. The highest BCUT2D eigenvalue weighted by molar-refractivity contribution is 6.33. The van der Waals surface area contributed by atoms with E-state index in [-0.39, 0.29) is 24.1 Å². The minimum Gasteiger partial charge on any atom is -0.396 e. The zero-order chi connectivity index (χ0) is 13.1. The van der Waals surface area contributed by atoms with Crippen LogP contribution in [-0.2, 0) is 0 Å². The fourth-order valence-corrected chi connectivity index (χ4v) is 2.23. The summed E-state index contributed by atoms with van der Waals surface area (Å²) in [5.74, 6) is 0.605. The summed E-state index contributed by atoms with van der Waals surface area (Å²) >= 11 is 6.01. The molecule has 1 unspecified atom stereocenters. The zero-order valence-corrected chi connectivity index (χ0v) is 10.9. The maximum atomic E-state index is 12.3. The van der Waals surface area contributed by atoms with Crippen LogP contribution in [0.4, 0.5) is 5.82 Å². The van der Waals surface area contributed by atoms with E-state index < -0.39 is 0 Å². The van der Waals surface area contributed by atoms with Crippen molar-refractivity contribution in [3.63, 3.8) is 0 Å². The van der Waals surface area contributed by atoms with Crippen LogP contribution in [0, 0.1) is 5.92 Å². The number of nitrogens with zero attached hydrogens (tertiary/aromatic N) is 2. The maximum Gasteiger partial charge on any atom is 0.274 e. The van der Waals surface area contributed by atoms with E-state index in [9.17, 15) is 4.79 Å². The van der Waals surface area contributed by atoms with Gasteiger partial charge in [0.1, 0.15) is 11.5 Å². The first-order valence-electron chi connectivity index (χ1n) is 5.90. The van der Waals surface area contributed by atoms with Gasteiger partial charge in [0.25, 0.3) is 5.91 Å². The number of hydrogen-bond acceptors (Lipinski definition) is 4. The number of amides is 1. The van der Waals surface area contributed by atoms with Gasteiger partial charge in [-0.05, 0) is 18.6 Å². The van der Waals surface area contributed by atoms with Crippen LogP contribution in [0.3, 0.4) is 0 Å². The number of halogens is 1. The van der Waals surface area contributed by atoms with Crippen LogP contribution in [0.25, 0.3) is 0 Å². The van der Waals surface area contributed by atoms with Crippen LogP contribution in [0.1, 0.15) is 16.9 Å². The van der Waals surface area contributed by atoms with Crippen LogP contribution < -0.4 is 5.32 Å². The summed E-state index contributed by atoms with van der Waals surface area (Å²) in [4.78, 5) is 18.1. The summed E-state index contributed by atoms with van der Waals surface area (Å²) < 4.78 is 0. The Labute approximate surface area is 111 Å². The van der Waals surface area contributed by atoms with Gasteiger partial charge in [0.2, 0.25) is 0 Å². The smallest absolute Gasteiger partial charge is 0.274 e. The number of pyridine rings is 1. The molecule has 2 N–H and O–H groups in total. The standard InChI is InChI=1S/C12H16ClN3O2/c1-14-10-3-2-9(13)11(15-10)12(18)16-5-4-8(6-16)7-17/h2-3,8,17H,4-7H2,1H3,(H,14,15). The first-order valence-corrected chi connectivity index (χ1v) is 6.28. The lowest BCUT2D eigenvalue weighted by atomic mass is 10.1. The van der Waals surface area contributed by atoms with Crippen molar-refractivity contribution >= 4 is 23.3 Å². The number of aliphatic hydroxyl groups excluding tert-OH is 1. The molecule has 1 atom stereocenters. The van der Waals surface area contributed by atoms with Crippen molar-refractivity contribution in [2.45, 2.75) is 6.42 Å². The summed E-state index contributed by atoms with van der Waals surface area (Å²) in [6, 6.07) is 3.38. The summed E-state index contributed by atoms with van der Waals surface area (Å²) in [5, 5.41) is 12.3. The van der Waals surface area contributed by atoms with E-state index in [0.717, 1.165) is 6.42 Å². The first kappa shape index (κ1) is 13.1. The monoisotopic (exact) mass is 269 g/mol. The van der Waals surface area contributed by atoms with Crippen molar-refractivity contribution in [1.82, 2.24) is 9.88 Å². The predicted molar refractivity (Wildman–Crippen MR) is 69.9 cm³/mol. The number of aromatic nitrogens is 1. The molecule has 2 heterocycles. The van der Waals surface area contributed by atoms with Crippen LogP contribution in [0.2, 0.25) is 5.02 Å². The number of nitrogens with one attached hydrogen (secondary N) is 1. The lowest BCUT2D eigenvalue weighted by Crippen LogP contribution is -2.30. The molecule has 0 radical (unpaired) electrons. The lowest BCUT2D eigenvalue weighted by molar-refractivity contribution is 0.0776. The van der Waals surface area contributed by atoms with Crippen molar-refractivity contribution in [2.75, 3.05) is 32.1 Å². The molecule has 1 saturated heterocycles. The molecule has 1 aliphatic rings. The number of hydrogen-bond donors (Lipinski definition) is 2. The lowest BCUT2D eigenvalue weighted by Gasteiger charge is -2.16. The first-order chi connectivity index (χ1) is 8.65. The average Bonchev–Trinajstić information content (AvgIpc) is 2.87. The van der Waals surface area contributed by atoms with Gasteiger partial charge in [-0.3, -0.25) is 4.79 Å². The van der Waals surface area contributed by atoms with E-state index in [4.69, 9.17) is 16.7 Å². The van der Waals surface area contributed by atoms with Crippen molar-refractivity contribution in [3.8, 4) is 0 Å². The van der Waals surface area contributed by atoms with E-state index in [1.54, 1.807) is 24.1 Å². The summed E-state index contributed by atoms with van der Waals surface area (Å²) in [5.41, 5.74) is 0.266. The van der Waals surface area contributed by atoms with Crippen molar-refractivity contribution in [2.24, 2.45) is 5.92 Å². The molecule has 1 fully saturated rings. The molecule has 5 nitrogen and oxygen atoms in total. The van der Waals surface area contributed by atoms with Crippen LogP contribution >= 0.6 is 11.6 Å². The Bertz CT molecular complexity index is 453. The van der Waals surface area contributed by atoms with Crippen LogP contribution in [0.15, 0.2) is 12.1 Å². The quantitative estimate of drug-likeness (QED) is 0.866. The number of aliphatic hydroxyl groups is 1. The molecule has 1 aromatic heterocycles. The van der Waals surface area contributed by atoms with Gasteiger partial charge in [0.15, 0.2) is 0 Å². The van der Waals surface area contributed by atoms with Gasteiger partial charge < -0.3 is 15.3 Å². The molecule has 2 rings (SSSR count). The van der Waals surface area contributed by atoms with E-state index in [1.165, 1.54) is 0 Å². The molecule has 1 amide bonds. The second-order valence-electron chi connectivity index (χ2n) is 4.37. The normalized spacial score (nSPS) is 19.1. The van der Waals surface area contributed by atoms with Gasteiger partial charge >= 0.3 is 0 Å². The minimum atomic E-state index is -0.173. The third-order valence-corrected chi connectivity index (χ3v) is 3.44. The van der Waals surface area contributed by atoms with E-state index in [1.807, 2.05) is 0 Å². The van der Waals surface area contributed by atoms with E-state index in [0.29, 0.717) is 23.9 Å². The highest BCUT2D eigenvalue weighted by Gasteiger charge is 2.28. The van der Waals surface area contributed by atoms with Crippen LogP contribution in [-0.4, -0.2) is 47.6 Å². The zero-order valence-electron chi connectivity index (χ0n) is 10.2. The molecule has 18 heavy (non-hydrogen) atoms. The predicted octanol–water partition coefficient (Wildman–Crippen LogP) is 1.23. The fraction of sp³-hybridized carbons (Fsp3) is 0.500. The molecule has 6 heteroatoms. The number of anilines is 1. The molecule has 1 aromatic rings. The molecule has 98 valence electrons. The third-order valence-electron chi connectivity index (χ3n) is 3.14. The highest BCUT2D eigenvalue weighted by Crippen LogP contribution is 2.22. The summed E-state index contributed by atoms with van der Waals surface area (Å²) in [6.07, 6.45) is 0.825. The van der Waals surface area contributed by atoms with Crippen molar-refractivity contribution in [1.29, 1.82) is 0 Å². The second kappa shape index (κ2) is 5.54. The van der Waals surface area contributed by atoms with E-state index in [2.05, 4.69) is 10.3 Å². The van der Waals surface area contributed by atoms with Gasteiger partial charge in [0.05, 0.1) is 5.02 Å². The SMILES string of the molecule is CNc1ccc(Cl)c(C(=O)N2CCC(CO)C2)n1. The third kappa shape index (κ3) is 2.57. The molecule has 0 saturated carbocycles. The Morgan fingerprint density at radius 1 is 1.67 bits per heavy atom. The Morgan fingerprint density at radius 3 is 3.06 bits per heavy atom.